The number of rotatable bonds is 3. The van der Waals surface area contributed by atoms with Gasteiger partial charge in [0.25, 0.3) is 0 Å². The highest BCUT2D eigenvalue weighted by Gasteiger charge is 2.67. The van der Waals surface area contributed by atoms with Gasteiger partial charge in [-0.1, -0.05) is 48.5 Å². The molecule has 0 bridgehead atoms. The minimum absolute atomic E-state index is 0.305. The van der Waals surface area contributed by atoms with Crippen LogP contribution in [0.4, 0.5) is 5.69 Å². The molecular weight excluding hydrogens is 358 g/mol. The highest BCUT2D eigenvalue weighted by Crippen LogP contribution is 2.55. The van der Waals surface area contributed by atoms with E-state index >= 15 is 0 Å². The van der Waals surface area contributed by atoms with Crippen LogP contribution in [-0.4, -0.2) is 16.9 Å². The molecule has 3 aromatic rings. The highest BCUT2D eigenvalue weighted by atomic mass is 16.6. The molecule has 1 fully saturated rings. The average molecular weight is 375 g/mol. The van der Waals surface area contributed by atoms with Gasteiger partial charge in [0.1, 0.15) is 23.3 Å². The maximum atomic E-state index is 13.3. The first-order valence-corrected chi connectivity index (χ1v) is 9.03. The second kappa shape index (κ2) is 6.03. The molecule has 0 aliphatic carbocycles. The van der Waals surface area contributed by atoms with E-state index in [1.807, 2.05) is 48.5 Å². The van der Waals surface area contributed by atoms with E-state index in [9.17, 15) is 14.9 Å². The molecule has 4 unspecified atom stereocenters. The Kier molecular flexibility index (Phi) is 3.60. The van der Waals surface area contributed by atoms with Crippen LogP contribution >= 0.6 is 0 Å². The molecule has 3 heterocycles. The Hall–Kier alpha value is -3.45. The summed E-state index contributed by atoms with van der Waals surface area (Å²) in [5.74, 6) is -0.689. The van der Waals surface area contributed by atoms with E-state index in [4.69, 9.17) is 4.42 Å². The van der Waals surface area contributed by atoms with Crippen LogP contribution in [0.2, 0.25) is 0 Å². The van der Waals surface area contributed by atoms with Crippen molar-refractivity contribution < 1.29 is 14.1 Å². The Morgan fingerprint density at radius 1 is 1.00 bits per heavy atom. The first-order chi connectivity index (χ1) is 13.6. The number of para-hydroxylation sites is 1. The van der Waals surface area contributed by atoms with Crippen LogP contribution in [0.25, 0.3) is 0 Å². The Bertz CT molecular complexity index is 1050. The average Bonchev–Trinajstić information content (AvgIpc) is 3.41. The maximum Gasteiger partial charge on any atom is 0.250 e. The standard InChI is InChI=1S/C21H17N3O4/c25-20-21(14-9-4-5-10-15(14)22-20)17(16-11-6-12-28-16)19(24(26)27)18(23-21)13-7-2-1-3-8-13/h1-12,17-19,23H,(H,22,25). The van der Waals surface area contributed by atoms with Crippen LogP contribution in [0, 0.1) is 10.1 Å². The zero-order valence-corrected chi connectivity index (χ0v) is 14.7. The van der Waals surface area contributed by atoms with Gasteiger partial charge in [-0.15, -0.1) is 0 Å². The normalized spacial score (nSPS) is 28.3. The predicted molar refractivity (Wildman–Crippen MR) is 101 cm³/mol. The van der Waals surface area contributed by atoms with Crippen molar-refractivity contribution in [1.29, 1.82) is 0 Å². The van der Waals surface area contributed by atoms with Gasteiger partial charge in [-0.2, -0.15) is 0 Å². The van der Waals surface area contributed by atoms with Gasteiger partial charge >= 0.3 is 0 Å². The van der Waals surface area contributed by atoms with E-state index in [-0.39, 0.29) is 10.8 Å². The van der Waals surface area contributed by atoms with Gasteiger partial charge in [0.2, 0.25) is 11.9 Å². The Labute approximate surface area is 160 Å². The van der Waals surface area contributed by atoms with Crippen molar-refractivity contribution in [3.63, 3.8) is 0 Å². The highest BCUT2D eigenvalue weighted by molar-refractivity contribution is 6.07. The Morgan fingerprint density at radius 2 is 1.75 bits per heavy atom. The number of carbonyl (C=O) groups excluding carboxylic acids is 1. The number of fused-ring (bicyclic) bond motifs is 2. The molecular formula is C21H17N3O4. The van der Waals surface area contributed by atoms with Gasteiger partial charge in [-0.25, -0.2) is 0 Å². The van der Waals surface area contributed by atoms with Gasteiger partial charge in [-0.3, -0.25) is 20.2 Å². The minimum atomic E-state index is -1.29. The van der Waals surface area contributed by atoms with Crippen molar-refractivity contribution in [3.05, 3.63) is 100.0 Å². The Balaban J connectivity index is 1.77. The summed E-state index contributed by atoms with van der Waals surface area (Å²) in [7, 11) is 0. The molecule has 1 spiro atoms. The fourth-order valence-electron chi connectivity index (χ4n) is 4.63. The van der Waals surface area contributed by atoms with Gasteiger partial charge in [0.05, 0.1) is 6.26 Å². The largest absolute Gasteiger partial charge is 0.469 e. The number of nitrogens with zero attached hydrogens (tertiary/aromatic N) is 1. The zero-order valence-electron chi connectivity index (χ0n) is 14.7. The molecule has 2 N–H and O–H groups in total. The molecule has 140 valence electrons. The molecule has 1 amide bonds. The van der Waals surface area contributed by atoms with Crippen LogP contribution < -0.4 is 10.6 Å². The third kappa shape index (κ3) is 2.16. The molecule has 7 nitrogen and oxygen atoms in total. The first-order valence-electron chi connectivity index (χ1n) is 9.03. The predicted octanol–water partition coefficient (Wildman–Crippen LogP) is 3.20. The van der Waals surface area contributed by atoms with Crippen LogP contribution in [0.1, 0.15) is 28.8 Å². The van der Waals surface area contributed by atoms with Crippen molar-refractivity contribution in [3.8, 4) is 0 Å². The van der Waals surface area contributed by atoms with Crippen LogP contribution in [0.15, 0.2) is 77.4 Å². The van der Waals surface area contributed by atoms with Gasteiger partial charge in [0, 0.05) is 16.2 Å². The molecule has 5 rings (SSSR count). The second-order valence-corrected chi connectivity index (χ2v) is 7.11. The lowest BCUT2D eigenvalue weighted by Crippen LogP contribution is -2.47. The topological polar surface area (TPSA) is 97.4 Å². The van der Waals surface area contributed by atoms with Crippen LogP contribution in [0.3, 0.4) is 0 Å². The van der Waals surface area contributed by atoms with Gasteiger partial charge in [-0.05, 0) is 23.8 Å². The third-order valence-electron chi connectivity index (χ3n) is 5.74. The number of amides is 1. The van der Waals surface area contributed by atoms with Crippen molar-refractivity contribution in [2.75, 3.05) is 5.32 Å². The molecule has 28 heavy (non-hydrogen) atoms. The summed E-state index contributed by atoms with van der Waals surface area (Å²) >= 11 is 0. The summed E-state index contributed by atoms with van der Waals surface area (Å²) < 4.78 is 5.61. The van der Waals surface area contributed by atoms with E-state index in [1.165, 1.54) is 6.26 Å². The van der Waals surface area contributed by atoms with Crippen molar-refractivity contribution in [2.24, 2.45) is 0 Å². The molecule has 0 radical (unpaired) electrons. The Morgan fingerprint density at radius 3 is 2.46 bits per heavy atom. The second-order valence-electron chi connectivity index (χ2n) is 7.11. The summed E-state index contributed by atoms with van der Waals surface area (Å²) in [6.45, 7) is 0. The number of carbonyl (C=O) groups is 1. The van der Waals surface area contributed by atoms with Crippen LogP contribution in [-0.2, 0) is 10.3 Å². The SMILES string of the molecule is O=C1Nc2ccccc2C12NC(c1ccccc1)C([N+](=O)[O-])C2c1ccco1. The van der Waals surface area contributed by atoms with Crippen molar-refractivity contribution in [2.45, 2.75) is 23.5 Å². The maximum absolute atomic E-state index is 13.3. The molecule has 1 saturated heterocycles. The summed E-state index contributed by atoms with van der Waals surface area (Å²) in [4.78, 5) is 25.2. The van der Waals surface area contributed by atoms with E-state index in [0.717, 1.165) is 5.56 Å². The number of nitrogens with one attached hydrogen (secondary N) is 2. The number of anilines is 1. The molecule has 0 saturated carbocycles. The van der Waals surface area contributed by atoms with Gasteiger partial charge in [0.15, 0.2) is 0 Å². The van der Waals surface area contributed by atoms with E-state index < -0.39 is 23.5 Å². The minimum Gasteiger partial charge on any atom is -0.469 e. The number of furan rings is 1. The third-order valence-corrected chi connectivity index (χ3v) is 5.74. The number of nitro groups is 1. The molecule has 7 heteroatoms. The number of hydrogen-bond acceptors (Lipinski definition) is 5. The fourth-order valence-corrected chi connectivity index (χ4v) is 4.63. The summed E-state index contributed by atoms with van der Waals surface area (Å²) in [6, 6.07) is 18.2. The number of benzene rings is 2. The number of hydrogen-bond donors (Lipinski definition) is 2. The van der Waals surface area contributed by atoms with Crippen LogP contribution in [0.5, 0.6) is 0 Å². The quantitative estimate of drug-likeness (QED) is 0.541. The van der Waals surface area contributed by atoms with E-state index in [2.05, 4.69) is 10.6 Å². The smallest absolute Gasteiger partial charge is 0.250 e. The molecule has 2 aliphatic rings. The lowest BCUT2D eigenvalue weighted by molar-refractivity contribution is -0.528. The lowest BCUT2D eigenvalue weighted by atomic mass is 9.76. The lowest BCUT2D eigenvalue weighted by Gasteiger charge is -2.28. The first kappa shape index (κ1) is 16.7. The molecule has 1 aromatic heterocycles. The van der Waals surface area contributed by atoms with Crippen molar-refractivity contribution >= 4 is 11.6 Å². The monoisotopic (exact) mass is 375 g/mol. The molecule has 2 aromatic carbocycles. The summed E-state index contributed by atoms with van der Waals surface area (Å²) in [5, 5.41) is 18.5. The van der Waals surface area contributed by atoms with E-state index in [0.29, 0.717) is 17.0 Å². The molecule has 4 atom stereocenters. The fraction of sp³-hybridized carbons (Fsp3) is 0.190. The van der Waals surface area contributed by atoms with Crippen molar-refractivity contribution in [1.82, 2.24) is 5.32 Å². The van der Waals surface area contributed by atoms with E-state index in [1.54, 1.807) is 18.2 Å². The summed E-state index contributed by atoms with van der Waals surface area (Å²) in [5.41, 5.74) is 0.834. The summed E-state index contributed by atoms with van der Waals surface area (Å²) in [6.07, 6.45) is 1.48. The van der Waals surface area contributed by atoms with Gasteiger partial charge < -0.3 is 9.73 Å². The molecule has 2 aliphatic heterocycles. The zero-order chi connectivity index (χ0) is 19.3.